The number of benzene rings is 1. The number of nitrogens with one attached hydrogen (secondary N) is 1. The number of methoxy groups -OCH3 is 1. The first-order valence-corrected chi connectivity index (χ1v) is 8.38. The zero-order valence-electron chi connectivity index (χ0n) is 14.2. The van der Waals surface area contributed by atoms with Crippen molar-refractivity contribution in [3.63, 3.8) is 0 Å². The minimum absolute atomic E-state index is 0.117. The minimum Gasteiger partial charge on any atom is -0.491 e. The number of nitrogens with zero attached hydrogens (tertiary/aromatic N) is 1. The van der Waals surface area contributed by atoms with Crippen LogP contribution >= 0.6 is 0 Å². The second kappa shape index (κ2) is 7.53. The van der Waals surface area contributed by atoms with Crippen LogP contribution in [-0.2, 0) is 6.54 Å². The summed E-state index contributed by atoms with van der Waals surface area (Å²) in [6, 6.07) is 8.74. The fraction of sp³-hybridized carbons (Fsp3) is 0.368. The van der Waals surface area contributed by atoms with Gasteiger partial charge in [0, 0.05) is 31.0 Å². The molecule has 0 saturated carbocycles. The molecular weight excluding hydrogens is 320 g/mol. The summed E-state index contributed by atoms with van der Waals surface area (Å²) in [4.78, 5) is 28.3. The monoisotopic (exact) mass is 342 g/mol. The number of aromatic nitrogens is 1. The average Bonchev–Trinajstić information content (AvgIpc) is 2.62. The highest BCUT2D eigenvalue weighted by molar-refractivity contribution is 5.87. The number of ether oxygens (including phenoxy) is 1. The molecule has 1 aliphatic rings. The van der Waals surface area contributed by atoms with Gasteiger partial charge in [0.2, 0.25) is 5.43 Å². The lowest BCUT2D eigenvalue weighted by molar-refractivity contribution is 0.0697. The molecule has 2 heterocycles. The van der Waals surface area contributed by atoms with E-state index in [1.165, 1.54) is 7.11 Å². The Labute approximate surface area is 146 Å². The van der Waals surface area contributed by atoms with Crippen molar-refractivity contribution in [2.45, 2.75) is 25.3 Å². The molecule has 1 saturated heterocycles. The van der Waals surface area contributed by atoms with Gasteiger partial charge in [0.1, 0.15) is 0 Å². The van der Waals surface area contributed by atoms with Gasteiger partial charge in [-0.05, 0) is 43.0 Å². The molecule has 0 aliphatic carbocycles. The molecule has 132 valence electrons. The zero-order valence-corrected chi connectivity index (χ0v) is 14.2. The van der Waals surface area contributed by atoms with Gasteiger partial charge in [-0.15, -0.1) is 0 Å². The fourth-order valence-electron chi connectivity index (χ4n) is 3.36. The Morgan fingerprint density at radius 3 is 2.76 bits per heavy atom. The Kier molecular flexibility index (Phi) is 5.19. The molecule has 25 heavy (non-hydrogen) atoms. The predicted octanol–water partition coefficient (Wildman–Crippen LogP) is 2.46. The summed E-state index contributed by atoms with van der Waals surface area (Å²) < 4.78 is 4.99. The smallest absolute Gasteiger partial charge is 0.335 e. The van der Waals surface area contributed by atoms with Crippen molar-refractivity contribution < 1.29 is 14.6 Å². The summed E-state index contributed by atoms with van der Waals surface area (Å²) in [5.74, 6) is -0.208. The third-order valence-corrected chi connectivity index (χ3v) is 4.69. The number of aromatic amines is 1. The van der Waals surface area contributed by atoms with Gasteiger partial charge in [0.25, 0.3) is 0 Å². The third kappa shape index (κ3) is 4.09. The lowest BCUT2D eigenvalue weighted by atomic mass is 9.90. The molecule has 1 fully saturated rings. The van der Waals surface area contributed by atoms with E-state index >= 15 is 0 Å². The number of rotatable bonds is 5. The van der Waals surface area contributed by atoms with E-state index in [0.29, 0.717) is 23.8 Å². The second-order valence-electron chi connectivity index (χ2n) is 6.39. The normalized spacial score (nSPS) is 18.0. The zero-order chi connectivity index (χ0) is 17.8. The molecule has 2 N–H and O–H groups in total. The van der Waals surface area contributed by atoms with Gasteiger partial charge >= 0.3 is 5.97 Å². The third-order valence-electron chi connectivity index (χ3n) is 4.69. The van der Waals surface area contributed by atoms with Crippen LogP contribution in [0.5, 0.6) is 5.75 Å². The molecule has 0 spiro atoms. The maximum absolute atomic E-state index is 11.9. The quantitative estimate of drug-likeness (QED) is 0.872. The number of carboxylic acid groups (broad SMARTS) is 1. The van der Waals surface area contributed by atoms with Crippen molar-refractivity contribution in [1.29, 1.82) is 0 Å². The van der Waals surface area contributed by atoms with Crippen LogP contribution in [0, 0.1) is 0 Å². The first-order valence-electron chi connectivity index (χ1n) is 8.38. The summed E-state index contributed by atoms with van der Waals surface area (Å²) >= 11 is 0. The van der Waals surface area contributed by atoms with Crippen molar-refractivity contribution in [3.05, 3.63) is 63.6 Å². The molecule has 0 bridgehead atoms. The van der Waals surface area contributed by atoms with Crippen LogP contribution in [0.25, 0.3) is 0 Å². The van der Waals surface area contributed by atoms with Gasteiger partial charge in [0.15, 0.2) is 5.75 Å². The second-order valence-corrected chi connectivity index (χ2v) is 6.39. The Bertz CT molecular complexity index is 798. The van der Waals surface area contributed by atoms with E-state index in [2.05, 4.69) is 9.88 Å². The van der Waals surface area contributed by atoms with Crippen LogP contribution in [-0.4, -0.2) is 41.2 Å². The van der Waals surface area contributed by atoms with Gasteiger partial charge in [0.05, 0.1) is 12.7 Å². The van der Waals surface area contributed by atoms with E-state index in [9.17, 15) is 9.59 Å². The number of H-pyrrole nitrogens is 1. The van der Waals surface area contributed by atoms with Crippen LogP contribution in [0.2, 0.25) is 0 Å². The molecule has 1 atom stereocenters. The maximum atomic E-state index is 11.9. The number of carbonyl (C=O) groups is 1. The summed E-state index contributed by atoms with van der Waals surface area (Å²) in [5.41, 5.74) is 2.23. The lowest BCUT2D eigenvalue weighted by Crippen LogP contribution is -2.34. The Morgan fingerprint density at radius 2 is 2.12 bits per heavy atom. The number of hydrogen-bond acceptors (Lipinski definition) is 4. The van der Waals surface area contributed by atoms with Crippen molar-refractivity contribution in [2.24, 2.45) is 0 Å². The molecular formula is C19H22N2O4. The molecule has 2 aromatic rings. The molecule has 1 aromatic heterocycles. The van der Waals surface area contributed by atoms with Crippen LogP contribution in [0.3, 0.4) is 0 Å². The molecule has 3 rings (SSSR count). The minimum atomic E-state index is -0.903. The van der Waals surface area contributed by atoms with E-state index in [4.69, 9.17) is 9.84 Å². The van der Waals surface area contributed by atoms with E-state index in [-0.39, 0.29) is 5.43 Å². The molecule has 6 nitrogen and oxygen atoms in total. The van der Waals surface area contributed by atoms with Crippen molar-refractivity contribution in [3.8, 4) is 5.75 Å². The number of carboxylic acids is 1. The first-order chi connectivity index (χ1) is 12.1. The number of aromatic carboxylic acids is 1. The molecule has 0 radical (unpaired) electrons. The molecule has 6 heteroatoms. The Hall–Kier alpha value is -2.60. The van der Waals surface area contributed by atoms with E-state index in [1.807, 2.05) is 12.1 Å². The van der Waals surface area contributed by atoms with Gasteiger partial charge in [-0.3, -0.25) is 9.69 Å². The molecule has 0 unspecified atom stereocenters. The Morgan fingerprint density at radius 1 is 1.36 bits per heavy atom. The highest BCUT2D eigenvalue weighted by Crippen LogP contribution is 2.27. The van der Waals surface area contributed by atoms with Gasteiger partial charge in [-0.25, -0.2) is 4.79 Å². The summed E-state index contributed by atoms with van der Waals surface area (Å²) in [6.45, 7) is 2.56. The number of likely N-dealkylation sites (tertiary alicyclic amines) is 1. The van der Waals surface area contributed by atoms with Crippen LogP contribution in [0.15, 0.2) is 41.3 Å². The van der Waals surface area contributed by atoms with Crippen molar-refractivity contribution >= 4 is 5.97 Å². The highest BCUT2D eigenvalue weighted by Gasteiger charge is 2.22. The molecule has 0 amide bonds. The van der Waals surface area contributed by atoms with Crippen LogP contribution in [0.4, 0.5) is 0 Å². The topological polar surface area (TPSA) is 82.6 Å². The standard InChI is InChI=1S/C19H22N2O4/c1-25-18-10-20-16(9-17(18)22)12-21-8-2-3-15(11-21)13-4-6-14(7-5-13)19(23)24/h4-7,9-10,15H,2-3,8,11-12H2,1H3,(H,20,22)(H,23,24)/t15-/m0/s1. The van der Waals surface area contributed by atoms with Crippen LogP contribution in [0.1, 0.15) is 40.4 Å². The maximum Gasteiger partial charge on any atom is 0.335 e. The summed E-state index contributed by atoms with van der Waals surface area (Å²) in [7, 11) is 1.48. The Balaban J connectivity index is 1.67. The van der Waals surface area contributed by atoms with Gasteiger partial charge < -0.3 is 14.8 Å². The van der Waals surface area contributed by atoms with Gasteiger partial charge in [-0.1, -0.05) is 12.1 Å². The fourth-order valence-corrected chi connectivity index (χ4v) is 3.36. The van der Waals surface area contributed by atoms with Crippen molar-refractivity contribution in [2.75, 3.05) is 20.2 Å². The lowest BCUT2D eigenvalue weighted by Gasteiger charge is -2.33. The summed E-state index contributed by atoms with van der Waals surface area (Å²) in [5, 5.41) is 9.01. The largest absolute Gasteiger partial charge is 0.491 e. The highest BCUT2D eigenvalue weighted by atomic mass is 16.5. The van der Waals surface area contributed by atoms with Gasteiger partial charge in [-0.2, -0.15) is 0 Å². The number of piperidine rings is 1. The van der Waals surface area contributed by atoms with E-state index < -0.39 is 5.97 Å². The number of pyridine rings is 1. The van der Waals surface area contributed by atoms with Crippen molar-refractivity contribution in [1.82, 2.24) is 9.88 Å². The number of hydrogen-bond donors (Lipinski definition) is 2. The SMILES string of the molecule is COc1c[nH]c(CN2CCC[C@H](c3ccc(C(=O)O)cc3)C2)cc1=O. The molecule has 1 aliphatic heterocycles. The van der Waals surface area contributed by atoms with E-state index in [0.717, 1.165) is 37.2 Å². The molecule has 1 aromatic carbocycles. The predicted molar refractivity (Wildman–Crippen MR) is 94.3 cm³/mol. The summed E-state index contributed by atoms with van der Waals surface area (Å²) in [6.07, 6.45) is 3.76. The first kappa shape index (κ1) is 17.2. The van der Waals surface area contributed by atoms with Crippen LogP contribution < -0.4 is 10.2 Å². The van der Waals surface area contributed by atoms with E-state index in [1.54, 1.807) is 24.4 Å². The average molecular weight is 342 g/mol.